The van der Waals surface area contributed by atoms with E-state index in [4.69, 9.17) is 4.74 Å². The number of aromatic nitrogens is 5. The molecule has 0 bridgehead atoms. The van der Waals surface area contributed by atoms with Crippen molar-refractivity contribution < 1.29 is 13.7 Å². The van der Waals surface area contributed by atoms with Crippen LogP contribution in [0.2, 0.25) is 0 Å². The normalized spacial score (nSPS) is 20.1. The van der Waals surface area contributed by atoms with Crippen LogP contribution in [-0.2, 0) is 18.0 Å². The van der Waals surface area contributed by atoms with E-state index >= 15 is 0 Å². The number of rotatable bonds is 5. The SMILES string of the molecule is Cn1ccc(NC(=O)Oc2cc([C@H]3CC[C@@H](N[S@](=O)C(C)(C)C)C3)cn3ncnc23)n1. The molecule has 0 unspecified atom stereocenters. The highest BCUT2D eigenvalue weighted by molar-refractivity contribution is 7.84. The smallest absolute Gasteiger partial charge is 0.406 e. The van der Waals surface area contributed by atoms with Crippen LogP contribution in [0.5, 0.6) is 5.75 Å². The summed E-state index contributed by atoms with van der Waals surface area (Å²) < 4.78 is 24.1. The Bertz CT molecular complexity index is 1120. The Hall–Kier alpha value is -2.79. The number of ether oxygens (including phenoxy) is 1. The topological polar surface area (TPSA) is 115 Å². The van der Waals surface area contributed by atoms with Crippen molar-refractivity contribution >= 4 is 28.5 Å². The fraction of sp³-hybridized carbons (Fsp3) is 0.500. The third-order valence-corrected chi connectivity index (χ3v) is 6.90. The van der Waals surface area contributed by atoms with Crippen LogP contribution in [0.4, 0.5) is 10.6 Å². The van der Waals surface area contributed by atoms with Gasteiger partial charge in [-0.25, -0.2) is 23.2 Å². The first-order chi connectivity index (χ1) is 14.7. The maximum absolute atomic E-state index is 12.4. The van der Waals surface area contributed by atoms with Gasteiger partial charge in [0.25, 0.3) is 0 Å². The van der Waals surface area contributed by atoms with E-state index in [-0.39, 0.29) is 16.7 Å². The van der Waals surface area contributed by atoms with Gasteiger partial charge in [-0.05, 0) is 57.6 Å². The first-order valence-corrected chi connectivity index (χ1v) is 11.3. The van der Waals surface area contributed by atoms with Gasteiger partial charge < -0.3 is 4.74 Å². The highest BCUT2D eigenvalue weighted by Gasteiger charge is 2.30. The van der Waals surface area contributed by atoms with Crippen molar-refractivity contribution in [2.75, 3.05) is 5.32 Å². The zero-order valence-corrected chi connectivity index (χ0v) is 18.8. The van der Waals surface area contributed by atoms with Gasteiger partial charge in [0, 0.05) is 31.5 Å². The number of hydrogen-bond acceptors (Lipinski definition) is 6. The van der Waals surface area contributed by atoms with Crippen molar-refractivity contribution in [3.63, 3.8) is 0 Å². The molecular weight excluding hydrogens is 418 g/mol. The van der Waals surface area contributed by atoms with Gasteiger partial charge in [0.05, 0.1) is 15.7 Å². The zero-order valence-electron chi connectivity index (χ0n) is 18.0. The number of carbonyl (C=O) groups excluding carboxylic acids is 1. The molecule has 0 aromatic carbocycles. The average molecular weight is 446 g/mol. The zero-order chi connectivity index (χ0) is 22.2. The molecule has 166 valence electrons. The minimum atomic E-state index is -1.11. The summed E-state index contributed by atoms with van der Waals surface area (Å²) in [6, 6.07) is 3.70. The van der Waals surface area contributed by atoms with E-state index in [0.29, 0.717) is 17.2 Å². The molecule has 3 aromatic rings. The second kappa shape index (κ2) is 8.39. The molecule has 0 aliphatic heterocycles. The van der Waals surface area contributed by atoms with Crippen molar-refractivity contribution in [3.8, 4) is 5.75 Å². The van der Waals surface area contributed by atoms with Crippen LogP contribution in [0, 0.1) is 0 Å². The second-order valence-electron chi connectivity index (χ2n) is 8.76. The lowest BCUT2D eigenvalue weighted by Crippen LogP contribution is -2.38. The minimum absolute atomic E-state index is 0.174. The summed E-state index contributed by atoms with van der Waals surface area (Å²) in [5.74, 6) is 0.972. The Balaban J connectivity index is 1.49. The molecule has 11 heteroatoms. The predicted octanol–water partition coefficient (Wildman–Crippen LogP) is 2.76. The molecule has 1 aliphatic rings. The molecule has 3 heterocycles. The summed E-state index contributed by atoms with van der Waals surface area (Å²) in [5.41, 5.74) is 1.46. The first kappa shape index (κ1) is 21.4. The van der Waals surface area contributed by atoms with Gasteiger partial charge in [0.1, 0.15) is 6.33 Å². The number of hydrogen-bond donors (Lipinski definition) is 2. The van der Waals surface area contributed by atoms with E-state index in [0.717, 1.165) is 24.8 Å². The van der Waals surface area contributed by atoms with Crippen molar-refractivity contribution in [1.29, 1.82) is 0 Å². The Kier molecular flexibility index (Phi) is 5.80. The van der Waals surface area contributed by atoms with Gasteiger partial charge in [-0.1, -0.05) is 0 Å². The molecular formula is C20H27N7O3S. The predicted molar refractivity (Wildman–Crippen MR) is 117 cm³/mol. The van der Waals surface area contributed by atoms with Crippen molar-refractivity contribution in [2.24, 2.45) is 7.05 Å². The number of nitrogens with one attached hydrogen (secondary N) is 2. The molecule has 1 fully saturated rings. The summed E-state index contributed by atoms with van der Waals surface area (Å²) in [5, 5.41) is 10.9. The molecule has 1 amide bonds. The first-order valence-electron chi connectivity index (χ1n) is 10.2. The van der Waals surface area contributed by atoms with E-state index in [9.17, 15) is 9.00 Å². The van der Waals surface area contributed by atoms with E-state index < -0.39 is 17.1 Å². The van der Waals surface area contributed by atoms with Crippen LogP contribution in [-0.4, -0.2) is 45.5 Å². The molecule has 4 rings (SSSR count). The molecule has 0 spiro atoms. The molecule has 10 nitrogen and oxygen atoms in total. The van der Waals surface area contributed by atoms with E-state index in [1.807, 2.05) is 33.0 Å². The fourth-order valence-electron chi connectivity index (χ4n) is 3.64. The summed E-state index contributed by atoms with van der Waals surface area (Å²) in [4.78, 5) is 16.6. The molecule has 31 heavy (non-hydrogen) atoms. The second-order valence-corrected chi connectivity index (χ2v) is 10.8. The maximum atomic E-state index is 12.4. The van der Waals surface area contributed by atoms with Crippen LogP contribution < -0.4 is 14.8 Å². The van der Waals surface area contributed by atoms with Gasteiger partial charge in [-0.2, -0.15) is 10.2 Å². The van der Waals surface area contributed by atoms with E-state index in [1.165, 1.54) is 6.33 Å². The van der Waals surface area contributed by atoms with Crippen LogP contribution in [0.3, 0.4) is 0 Å². The van der Waals surface area contributed by atoms with Gasteiger partial charge in [0.15, 0.2) is 17.2 Å². The number of anilines is 1. The third-order valence-electron chi connectivity index (χ3n) is 5.24. The third kappa shape index (κ3) is 4.93. The standard InChI is InChI=1S/C20H27N7O3S/c1-20(2,3)31(29)25-15-6-5-13(9-15)14-10-16(18-21-12-22-27(18)11-14)30-19(28)23-17-7-8-26(4)24-17/h7-8,10-13,15,25H,5-6,9H2,1-4H3,(H,23,24,28)/t13-,15+,31+/m0/s1. The summed E-state index contributed by atoms with van der Waals surface area (Å²) in [6.07, 6.45) is 7.14. The molecule has 1 aliphatic carbocycles. The number of amides is 1. The lowest BCUT2D eigenvalue weighted by Gasteiger charge is -2.21. The Morgan fingerprint density at radius 3 is 2.84 bits per heavy atom. The van der Waals surface area contributed by atoms with Gasteiger partial charge in [-0.15, -0.1) is 0 Å². The number of aryl methyl sites for hydroxylation is 1. The molecule has 3 atom stereocenters. The van der Waals surface area contributed by atoms with E-state index in [1.54, 1.807) is 28.5 Å². The lowest BCUT2D eigenvalue weighted by molar-refractivity contribution is 0.215. The van der Waals surface area contributed by atoms with Crippen LogP contribution in [0.25, 0.3) is 5.65 Å². The number of pyridine rings is 1. The monoisotopic (exact) mass is 445 g/mol. The fourth-order valence-corrected chi connectivity index (χ4v) is 4.52. The molecule has 2 N–H and O–H groups in total. The van der Waals surface area contributed by atoms with Gasteiger partial charge in [0.2, 0.25) is 0 Å². The molecule has 0 saturated heterocycles. The summed E-state index contributed by atoms with van der Waals surface area (Å²) in [7, 11) is 0.657. The number of fused-ring (bicyclic) bond motifs is 1. The highest BCUT2D eigenvalue weighted by Crippen LogP contribution is 2.37. The van der Waals surface area contributed by atoms with Crippen molar-refractivity contribution in [2.45, 2.75) is 56.7 Å². The van der Waals surface area contributed by atoms with Crippen LogP contribution in [0.15, 0.2) is 30.9 Å². The Labute approximate surface area is 183 Å². The van der Waals surface area contributed by atoms with Gasteiger partial charge >= 0.3 is 6.09 Å². The summed E-state index contributed by atoms with van der Waals surface area (Å²) >= 11 is 0. The molecule has 0 radical (unpaired) electrons. The largest absolute Gasteiger partial charge is 0.418 e. The van der Waals surface area contributed by atoms with Crippen molar-refractivity contribution in [1.82, 2.24) is 29.1 Å². The van der Waals surface area contributed by atoms with Gasteiger partial charge in [-0.3, -0.25) is 10.00 Å². The number of nitrogens with zero attached hydrogens (tertiary/aromatic N) is 5. The average Bonchev–Trinajstić information content (AvgIpc) is 3.42. The summed E-state index contributed by atoms with van der Waals surface area (Å²) in [6.45, 7) is 5.88. The van der Waals surface area contributed by atoms with Crippen LogP contribution in [0.1, 0.15) is 51.5 Å². The Morgan fingerprint density at radius 1 is 1.32 bits per heavy atom. The molecule has 1 saturated carbocycles. The minimum Gasteiger partial charge on any atom is -0.406 e. The van der Waals surface area contributed by atoms with E-state index in [2.05, 4.69) is 25.2 Å². The Morgan fingerprint density at radius 2 is 2.13 bits per heavy atom. The lowest BCUT2D eigenvalue weighted by atomic mass is 9.99. The number of carbonyl (C=O) groups is 1. The highest BCUT2D eigenvalue weighted by atomic mass is 32.2. The quantitative estimate of drug-likeness (QED) is 0.624. The van der Waals surface area contributed by atoms with Crippen LogP contribution >= 0.6 is 0 Å². The molecule has 3 aromatic heterocycles. The maximum Gasteiger partial charge on any atom is 0.418 e. The van der Waals surface area contributed by atoms with Crippen molar-refractivity contribution in [3.05, 3.63) is 36.4 Å².